The molecule has 0 bridgehead atoms. The van der Waals surface area contributed by atoms with Crippen molar-refractivity contribution in [3.05, 3.63) is 35.9 Å². The molecule has 0 aliphatic carbocycles. The molecule has 19 heavy (non-hydrogen) atoms. The Kier molecular flexibility index (Phi) is 4.97. The molecular formula is C16H23NO2. The minimum atomic E-state index is 0.183. The summed E-state index contributed by atoms with van der Waals surface area (Å²) in [7, 11) is 0. The van der Waals surface area contributed by atoms with E-state index in [1.807, 2.05) is 23.1 Å². The summed E-state index contributed by atoms with van der Waals surface area (Å²) in [5, 5.41) is 0. The molecule has 1 aromatic rings. The van der Waals surface area contributed by atoms with Crippen LogP contribution < -0.4 is 0 Å². The first-order valence-corrected chi connectivity index (χ1v) is 7.08. The summed E-state index contributed by atoms with van der Waals surface area (Å²) in [6.45, 7) is 6.21. The van der Waals surface area contributed by atoms with Crippen LogP contribution in [0, 0.1) is 5.92 Å². The maximum absolute atomic E-state index is 12.3. The van der Waals surface area contributed by atoms with Gasteiger partial charge in [0.2, 0.25) is 5.91 Å². The number of ether oxygens (including phenoxy) is 1. The molecule has 0 radical (unpaired) electrons. The highest BCUT2D eigenvalue weighted by Crippen LogP contribution is 2.16. The maximum atomic E-state index is 12.3. The van der Waals surface area contributed by atoms with Crippen molar-refractivity contribution in [1.82, 2.24) is 4.90 Å². The Morgan fingerprint density at radius 2 is 2.11 bits per heavy atom. The Labute approximate surface area is 115 Å². The fourth-order valence-corrected chi connectivity index (χ4v) is 2.50. The Morgan fingerprint density at radius 1 is 1.37 bits per heavy atom. The van der Waals surface area contributed by atoms with Crippen LogP contribution in [0.3, 0.4) is 0 Å². The van der Waals surface area contributed by atoms with E-state index in [2.05, 4.69) is 26.0 Å². The Bertz CT molecular complexity index is 402. The Hall–Kier alpha value is -1.35. The molecule has 1 unspecified atom stereocenters. The molecule has 1 aliphatic rings. The van der Waals surface area contributed by atoms with Gasteiger partial charge < -0.3 is 9.64 Å². The van der Waals surface area contributed by atoms with E-state index in [9.17, 15) is 4.79 Å². The predicted octanol–water partition coefficient (Wildman–Crippen LogP) is 2.50. The minimum Gasteiger partial charge on any atom is -0.377 e. The number of rotatable bonds is 4. The zero-order chi connectivity index (χ0) is 13.7. The van der Waals surface area contributed by atoms with E-state index in [-0.39, 0.29) is 11.9 Å². The molecular weight excluding hydrogens is 238 g/mol. The van der Waals surface area contributed by atoms with Crippen LogP contribution in [-0.4, -0.2) is 36.6 Å². The molecule has 1 saturated heterocycles. The molecule has 1 fully saturated rings. The van der Waals surface area contributed by atoms with Gasteiger partial charge in [-0.15, -0.1) is 0 Å². The van der Waals surface area contributed by atoms with Crippen molar-refractivity contribution in [2.24, 2.45) is 5.92 Å². The highest BCUT2D eigenvalue weighted by molar-refractivity contribution is 5.76. The number of nitrogens with zero attached hydrogens (tertiary/aromatic N) is 1. The van der Waals surface area contributed by atoms with Gasteiger partial charge in [-0.05, 0) is 17.9 Å². The second-order valence-electron chi connectivity index (χ2n) is 5.60. The summed E-state index contributed by atoms with van der Waals surface area (Å²) >= 11 is 0. The third kappa shape index (κ3) is 4.06. The van der Waals surface area contributed by atoms with Gasteiger partial charge in [-0.1, -0.05) is 44.2 Å². The highest BCUT2D eigenvalue weighted by atomic mass is 16.5. The van der Waals surface area contributed by atoms with Gasteiger partial charge in [0.1, 0.15) is 0 Å². The van der Waals surface area contributed by atoms with Crippen molar-refractivity contribution in [2.45, 2.75) is 32.7 Å². The molecule has 0 aromatic heterocycles. The van der Waals surface area contributed by atoms with Crippen LogP contribution in [0.2, 0.25) is 0 Å². The van der Waals surface area contributed by atoms with Gasteiger partial charge in [-0.3, -0.25) is 4.79 Å². The van der Waals surface area contributed by atoms with Crippen molar-refractivity contribution in [1.29, 1.82) is 0 Å². The lowest BCUT2D eigenvalue weighted by Gasteiger charge is -2.36. The number of morpholine rings is 1. The summed E-state index contributed by atoms with van der Waals surface area (Å²) in [6, 6.07) is 10.5. The summed E-state index contributed by atoms with van der Waals surface area (Å²) in [5.41, 5.74) is 1.26. The predicted molar refractivity (Wildman–Crippen MR) is 75.9 cm³/mol. The first kappa shape index (κ1) is 14.1. The van der Waals surface area contributed by atoms with Gasteiger partial charge in [0.15, 0.2) is 0 Å². The normalized spacial score (nSPS) is 19.7. The standard InChI is InChI=1S/C16H23NO2/c1-13(2)10-16(18)17-8-9-19-12-15(17)11-14-6-4-3-5-7-14/h3-7,13,15H,8-12H2,1-2H3. The van der Waals surface area contributed by atoms with E-state index in [1.165, 1.54) is 5.56 Å². The smallest absolute Gasteiger partial charge is 0.223 e. The molecule has 1 atom stereocenters. The second-order valence-corrected chi connectivity index (χ2v) is 5.60. The molecule has 2 rings (SSSR count). The maximum Gasteiger partial charge on any atom is 0.223 e. The third-order valence-electron chi connectivity index (χ3n) is 3.44. The van der Waals surface area contributed by atoms with Crippen molar-refractivity contribution in [3.8, 4) is 0 Å². The molecule has 3 nitrogen and oxygen atoms in total. The van der Waals surface area contributed by atoms with Gasteiger partial charge in [0.05, 0.1) is 19.3 Å². The Morgan fingerprint density at radius 3 is 2.79 bits per heavy atom. The summed E-state index contributed by atoms with van der Waals surface area (Å²) in [6.07, 6.45) is 1.51. The van der Waals surface area contributed by atoms with Crippen molar-refractivity contribution >= 4 is 5.91 Å². The van der Waals surface area contributed by atoms with Crippen molar-refractivity contribution in [2.75, 3.05) is 19.8 Å². The summed E-state index contributed by atoms with van der Waals surface area (Å²) < 4.78 is 5.55. The third-order valence-corrected chi connectivity index (χ3v) is 3.44. The zero-order valence-electron chi connectivity index (χ0n) is 11.8. The van der Waals surface area contributed by atoms with Crippen LogP contribution in [-0.2, 0) is 16.0 Å². The highest BCUT2D eigenvalue weighted by Gasteiger charge is 2.27. The Balaban J connectivity index is 2.01. The largest absolute Gasteiger partial charge is 0.377 e. The molecule has 1 heterocycles. The average Bonchev–Trinajstić information content (AvgIpc) is 2.39. The van der Waals surface area contributed by atoms with E-state index in [1.54, 1.807) is 0 Å². The number of benzene rings is 1. The number of hydrogen-bond donors (Lipinski definition) is 0. The fraction of sp³-hybridized carbons (Fsp3) is 0.562. The van der Waals surface area contributed by atoms with Crippen LogP contribution in [0.1, 0.15) is 25.8 Å². The number of carbonyl (C=O) groups is 1. The SMILES string of the molecule is CC(C)CC(=O)N1CCOCC1Cc1ccccc1. The molecule has 0 N–H and O–H groups in total. The number of carbonyl (C=O) groups excluding carboxylic acids is 1. The van der Waals surface area contributed by atoms with Crippen LogP contribution in [0.4, 0.5) is 0 Å². The molecule has 104 valence electrons. The first-order chi connectivity index (χ1) is 9.16. The van der Waals surface area contributed by atoms with E-state index in [4.69, 9.17) is 4.74 Å². The van der Waals surface area contributed by atoms with Gasteiger partial charge >= 0.3 is 0 Å². The van der Waals surface area contributed by atoms with Gasteiger partial charge in [-0.2, -0.15) is 0 Å². The lowest BCUT2D eigenvalue weighted by atomic mass is 10.0. The monoisotopic (exact) mass is 261 g/mol. The lowest BCUT2D eigenvalue weighted by Crippen LogP contribution is -2.50. The van der Waals surface area contributed by atoms with Crippen LogP contribution in [0.25, 0.3) is 0 Å². The summed E-state index contributed by atoms with van der Waals surface area (Å²) in [4.78, 5) is 14.3. The molecule has 0 spiro atoms. The minimum absolute atomic E-state index is 0.183. The second kappa shape index (κ2) is 6.71. The van der Waals surface area contributed by atoms with E-state index in [0.717, 1.165) is 13.0 Å². The molecule has 1 aromatic carbocycles. The van der Waals surface area contributed by atoms with Gasteiger partial charge in [-0.25, -0.2) is 0 Å². The average molecular weight is 261 g/mol. The molecule has 3 heteroatoms. The van der Waals surface area contributed by atoms with Crippen molar-refractivity contribution in [3.63, 3.8) is 0 Å². The lowest BCUT2D eigenvalue weighted by molar-refractivity contribution is -0.140. The molecule has 1 amide bonds. The van der Waals surface area contributed by atoms with Crippen LogP contribution >= 0.6 is 0 Å². The molecule has 1 aliphatic heterocycles. The van der Waals surface area contributed by atoms with E-state index >= 15 is 0 Å². The van der Waals surface area contributed by atoms with Gasteiger partial charge in [0, 0.05) is 13.0 Å². The molecule has 0 saturated carbocycles. The topological polar surface area (TPSA) is 29.5 Å². The number of hydrogen-bond acceptors (Lipinski definition) is 2. The van der Waals surface area contributed by atoms with Gasteiger partial charge in [0.25, 0.3) is 0 Å². The van der Waals surface area contributed by atoms with Crippen molar-refractivity contribution < 1.29 is 9.53 Å². The first-order valence-electron chi connectivity index (χ1n) is 7.08. The van der Waals surface area contributed by atoms with E-state index < -0.39 is 0 Å². The fourth-order valence-electron chi connectivity index (χ4n) is 2.50. The number of amides is 1. The quantitative estimate of drug-likeness (QED) is 0.833. The van der Waals surface area contributed by atoms with E-state index in [0.29, 0.717) is 25.6 Å². The summed E-state index contributed by atoms with van der Waals surface area (Å²) in [5.74, 6) is 0.673. The van der Waals surface area contributed by atoms with Crippen LogP contribution in [0.5, 0.6) is 0 Å². The van der Waals surface area contributed by atoms with Crippen LogP contribution in [0.15, 0.2) is 30.3 Å². The zero-order valence-corrected chi connectivity index (χ0v) is 11.8.